The van der Waals surface area contributed by atoms with Crippen molar-refractivity contribution in [3.05, 3.63) is 0 Å². The summed E-state index contributed by atoms with van der Waals surface area (Å²) in [6.07, 6.45) is 3.15. The molecule has 3 heteroatoms. The van der Waals surface area contributed by atoms with Gasteiger partial charge in [-0.25, -0.2) is 0 Å². The van der Waals surface area contributed by atoms with Gasteiger partial charge >= 0.3 is 0 Å². The maximum Gasteiger partial charge on any atom is 0.0765 e. The van der Waals surface area contributed by atoms with Crippen molar-refractivity contribution in [2.45, 2.75) is 58.6 Å². The third-order valence-corrected chi connectivity index (χ3v) is 3.92. The molecule has 0 spiro atoms. The normalized spacial score (nSPS) is 31.4. The van der Waals surface area contributed by atoms with Crippen LogP contribution in [0.4, 0.5) is 0 Å². The summed E-state index contributed by atoms with van der Waals surface area (Å²) >= 11 is 0. The molecule has 1 saturated carbocycles. The van der Waals surface area contributed by atoms with E-state index in [4.69, 9.17) is 4.74 Å². The van der Waals surface area contributed by atoms with Crippen LogP contribution in [0.5, 0.6) is 0 Å². The van der Waals surface area contributed by atoms with Gasteiger partial charge in [0.05, 0.1) is 5.60 Å². The summed E-state index contributed by atoms with van der Waals surface area (Å²) in [6, 6.07) is 0.541. The summed E-state index contributed by atoms with van der Waals surface area (Å²) < 4.78 is 5.02. The summed E-state index contributed by atoms with van der Waals surface area (Å²) in [5.41, 5.74) is -0.224. The Labute approximate surface area is 106 Å². The highest BCUT2D eigenvalue weighted by Crippen LogP contribution is 2.40. The highest BCUT2D eigenvalue weighted by atomic mass is 16.5. The smallest absolute Gasteiger partial charge is 0.0765 e. The van der Waals surface area contributed by atoms with E-state index in [9.17, 15) is 5.11 Å². The Hall–Kier alpha value is -0.120. The van der Waals surface area contributed by atoms with Crippen LogP contribution in [0.2, 0.25) is 0 Å². The zero-order valence-corrected chi connectivity index (χ0v) is 12.0. The molecule has 17 heavy (non-hydrogen) atoms. The Morgan fingerprint density at radius 2 is 2.06 bits per heavy atom. The lowest BCUT2D eigenvalue weighted by Crippen LogP contribution is -2.44. The molecule has 0 amide bonds. The Balaban J connectivity index is 2.35. The van der Waals surface area contributed by atoms with Gasteiger partial charge in [-0.2, -0.15) is 0 Å². The number of methoxy groups -OCH3 is 1. The van der Waals surface area contributed by atoms with Crippen LogP contribution < -0.4 is 5.32 Å². The van der Waals surface area contributed by atoms with Crippen molar-refractivity contribution < 1.29 is 9.84 Å². The predicted molar refractivity (Wildman–Crippen MR) is 71.1 cm³/mol. The molecule has 0 aromatic rings. The van der Waals surface area contributed by atoms with Gasteiger partial charge in [-0.15, -0.1) is 0 Å². The van der Waals surface area contributed by atoms with E-state index in [2.05, 4.69) is 26.1 Å². The molecule has 0 radical (unpaired) electrons. The molecular weight excluding hydrogens is 214 g/mol. The first-order valence-electron chi connectivity index (χ1n) is 6.70. The number of hydrogen-bond acceptors (Lipinski definition) is 3. The van der Waals surface area contributed by atoms with E-state index in [1.165, 1.54) is 12.8 Å². The lowest BCUT2D eigenvalue weighted by Gasteiger charge is -2.27. The highest BCUT2D eigenvalue weighted by molar-refractivity contribution is 4.92. The Morgan fingerprint density at radius 3 is 2.53 bits per heavy atom. The molecule has 1 rings (SSSR count). The minimum atomic E-state index is -0.664. The van der Waals surface area contributed by atoms with Crippen molar-refractivity contribution in [2.75, 3.05) is 20.3 Å². The van der Waals surface area contributed by atoms with Gasteiger partial charge in [0.1, 0.15) is 0 Å². The molecule has 2 N–H and O–H groups in total. The van der Waals surface area contributed by atoms with E-state index in [-0.39, 0.29) is 0 Å². The van der Waals surface area contributed by atoms with E-state index >= 15 is 0 Å². The van der Waals surface area contributed by atoms with E-state index in [1.54, 1.807) is 7.11 Å². The summed E-state index contributed by atoms with van der Waals surface area (Å²) in [5.74, 6) is 0.697. The molecule has 0 aromatic heterocycles. The maximum atomic E-state index is 10.2. The quantitative estimate of drug-likeness (QED) is 0.751. The first-order chi connectivity index (χ1) is 7.76. The van der Waals surface area contributed by atoms with Gasteiger partial charge in [0, 0.05) is 32.7 Å². The van der Waals surface area contributed by atoms with Crippen LogP contribution in [-0.2, 0) is 4.74 Å². The van der Waals surface area contributed by atoms with Gasteiger partial charge in [0.2, 0.25) is 0 Å². The number of nitrogens with one attached hydrogen (secondary N) is 1. The third-order valence-electron chi connectivity index (χ3n) is 3.92. The second-order valence-electron chi connectivity index (χ2n) is 6.78. The molecule has 3 atom stereocenters. The van der Waals surface area contributed by atoms with Crippen LogP contribution in [0.25, 0.3) is 0 Å². The Morgan fingerprint density at radius 1 is 1.41 bits per heavy atom. The molecule has 1 fully saturated rings. The second-order valence-corrected chi connectivity index (χ2v) is 6.78. The van der Waals surface area contributed by atoms with Gasteiger partial charge in [-0.3, -0.25) is 0 Å². The van der Waals surface area contributed by atoms with Crippen LogP contribution in [0.15, 0.2) is 0 Å². The van der Waals surface area contributed by atoms with Crippen molar-refractivity contribution in [3.8, 4) is 0 Å². The summed E-state index contributed by atoms with van der Waals surface area (Å²) in [5, 5.41) is 13.7. The fraction of sp³-hybridized carbons (Fsp3) is 1.00. The number of ether oxygens (including phenoxy) is 1. The maximum absolute atomic E-state index is 10.2. The molecule has 0 bridgehead atoms. The zero-order valence-electron chi connectivity index (χ0n) is 12.0. The molecule has 1 aliphatic rings. The minimum absolute atomic E-state index is 0.440. The monoisotopic (exact) mass is 243 g/mol. The summed E-state index contributed by atoms with van der Waals surface area (Å²) in [6.45, 7) is 10.1. The molecule has 0 aromatic carbocycles. The Kier molecular flexibility index (Phi) is 4.99. The Bertz CT molecular complexity index is 238. The highest BCUT2D eigenvalue weighted by Gasteiger charge is 2.37. The van der Waals surface area contributed by atoms with Crippen LogP contribution in [0.1, 0.15) is 47.0 Å². The molecular formula is C14H29NO2. The lowest BCUT2D eigenvalue weighted by atomic mass is 9.91. The van der Waals surface area contributed by atoms with Crippen molar-refractivity contribution in [1.29, 1.82) is 0 Å². The van der Waals surface area contributed by atoms with Crippen molar-refractivity contribution >= 4 is 0 Å². The SMILES string of the molecule is COCC[C@](C)(O)CN[C@H]1CC(C)(C)C[C@H]1C. The van der Waals surface area contributed by atoms with E-state index < -0.39 is 5.60 Å². The van der Waals surface area contributed by atoms with Crippen LogP contribution in [0, 0.1) is 11.3 Å². The van der Waals surface area contributed by atoms with E-state index in [0.29, 0.717) is 36.9 Å². The van der Waals surface area contributed by atoms with Gasteiger partial charge in [-0.1, -0.05) is 20.8 Å². The topological polar surface area (TPSA) is 41.5 Å². The van der Waals surface area contributed by atoms with Crippen molar-refractivity contribution in [2.24, 2.45) is 11.3 Å². The fourth-order valence-electron chi connectivity index (χ4n) is 2.93. The van der Waals surface area contributed by atoms with Crippen LogP contribution in [-0.4, -0.2) is 37.0 Å². The first-order valence-corrected chi connectivity index (χ1v) is 6.70. The van der Waals surface area contributed by atoms with E-state index in [1.807, 2.05) is 6.92 Å². The van der Waals surface area contributed by atoms with E-state index in [0.717, 1.165) is 0 Å². The summed E-state index contributed by atoms with van der Waals surface area (Å²) in [4.78, 5) is 0. The standard InChI is InChI=1S/C14H29NO2/c1-11-8-13(2,3)9-12(11)15-10-14(4,16)6-7-17-5/h11-12,15-16H,6-10H2,1-5H3/t11-,12+,14+/m1/s1. The third kappa shape index (κ3) is 4.94. The predicted octanol–water partition coefficient (Wildman–Crippen LogP) is 2.19. The molecule has 3 nitrogen and oxygen atoms in total. The lowest BCUT2D eigenvalue weighted by molar-refractivity contribution is 0.0218. The molecule has 0 heterocycles. The largest absolute Gasteiger partial charge is 0.389 e. The number of rotatable bonds is 6. The van der Waals surface area contributed by atoms with Gasteiger partial charge in [0.25, 0.3) is 0 Å². The van der Waals surface area contributed by atoms with Gasteiger partial charge in [0.15, 0.2) is 0 Å². The van der Waals surface area contributed by atoms with Crippen molar-refractivity contribution in [3.63, 3.8) is 0 Å². The summed E-state index contributed by atoms with van der Waals surface area (Å²) in [7, 11) is 1.67. The average Bonchev–Trinajstić information content (AvgIpc) is 2.46. The molecule has 0 aliphatic heterocycles. The molecule has 1 aliphatic carbocycles. The molecule has 0 saturated heterocycles. The van der Waals surface area contributed by atoms with Crippen LogP contribution >= 0.6 is 0 Å². The molecule has 0 unspecified atom stereocenters. The number of hydrogen-bond donors (Lipinski definition) is 2. The number of aliphatic hydroxyl groups is 1. The molecule has 102 valence electrons. The van der Waals surface area contributed by atoms with Gasteiger partial charge in [-0.05, 0) is 31.1 Å². The van der Waals surface area contributed by atoms with Gasteiger partial charge < -0.3 is 15.2 Å². The minimum Gasteiger partial charge on any atom is -0.389 e. The van der Waals surface area contributed by atoms with Crippen molar-refractivity contribution in [1.82, 2.24) is 5.32 Å². The second kappa shape index (κ2) is 5.68. The fourth-order valence-corrected chi connectivity index (χ4v) is 2.93. The zero-order chi connectivity index (χ0) is 13.1. The first kappa shape index (κ1) is 14.9. The average molecular weight is 243 g/mol. The van der Waals surface area contributed by atoms with Crippen LogP contribution in [0.3, 0.4) is 0 Å².